The second-order valence-electron chi connectivity index (χ2n) is 5.48. The van der Waals surface area contributed by atoms with Crippen molar-refractivity contribution in [2.45, 2.75) is 51.8 Å². The van der Waals surface area contributed by atoms with E-state index in [2.05, 4.69) is 16.0 Å². The van der Waals surface area contributed by atoms with Crippen molar-refractivity contribution < 1.29 is 19.1 Å². The first-order valence-electron chi connectivity index (χ1n) is 5.68. The van der Waals surface area contributed by atoms with Gasteiger partial charge in [-0.05, 0) is 34.6 Å². The number of hydrogen-bond donors (Lipinski definition) is 3. The van der Waals surface area contributed by atoms with Crippen molar-refractivity contribution in [2.75, 3.05) is 0 Å². The number of rotatable bonds is 2. The van der Waals surface area contributed by atoms with Crippen LogP contribution in [-0.2, 0) is 9.53 Å². The zero-order valence-electron chi connectivity index (χ0n) is 11.2. The minimum absolute atomic E-state index is 0.476. The Bertz CT molecular complexity index is 388. The molecular formula is C11H19N3O4. The average molecular weight is 257 g/mol. The normalized spacial score (nSPS) is 25.2. The molecule has 1 rings (SSSR count). The number of alkyl carbamates (subject to hydrolysis) is 1. The predicted octanol–water partition coefficient (Wildman–Crippen LogP) is 0.498. The summed E-state index contributed by atoms with van der Waals surface area (Å²) < 4.78 is 5.08. The predicted molar refractivity (Wildman–Crippen MR) is 63.9 cm³/mol. The van der Waals surface area contributed by atoms with Gasteiger partial charge in [-0.15, -0.1) is 0 Å². The number of urea groups is 1. The Kier molecular flexibility index (Phi) is 3.54. The summed E-state index contributed by atoms with van der Waals surface area (Å²) in [5.74, 6) is -0.476. The van der Waals surface area contributed by atoms with Gasteiger partial charge in [0.05, 0.1) is 6.04 Å². The Hall–Kier alpha value is -1.79. The molecule has 102 valence electrons. The second-order valence-corrected chi connectivity index (χ2v) is 5.48. The molecule has 1 fully saturated rings. The van der Waals surface area contributed by atoms with Crippen molar-refractivity contribution in [3.63, 3.8) is 0 Å². The number of carbonyl (C=O) groups excluding carboxylic acids is 3. The molecule has 1 aliphatic rings. The van der Waals surface area contributed by atoms with Gasteiger partial charge in [-0.2, -0.15) is 0 Å². The van der Waals surface area contributed by atoms with Gasteiger partial charge in [-0.25, -0.2) is 9.59 Å². The van der Waals surface area contributed by atoms with Crippen LogP contribution < -0.4 is 16.0 Å². The lowest BCUT2D eigenvalue weighted by molar-refractivity contribution is -0.124. The molecule has 0 unspecified atom stereocenters. The number of hydrogen-bond acceptors (Lipinski definition) is 4. The first-order valence-corrected chi connectivity index (χ1v) is 5.68. The fourth-order valence-corrected chi connectivity index (χ4v) is 1.49. The van der Waals surface area contributed by atoms with E-state index < -0.39 is 35.2 Å². The maximum absolute atomic E-state index is 11.6. The molecule has 7 heteroatoms. The number of ether oxygens (including phenoxy) is 1. The molecule has 2 atom stereocenters. The van der Waals surface area contributed by atoms with Crippen molar-refractivity contribution in [1.82, 2.24) is 16.0 Å². The molecule has 1 aliphatic heterocycles. The lowest BCUT2D eigenvalue weighted by Crippen LogP contribution is -2.59. The molecule has 7 nitrogen and oxygen atoms in total. The molecule has 0 aromatic carbocycles. The molecular weight excluding hydrogens is 238 g/mol. The number of nitrogens with one attached hydrogen (secondary N) is 3. The van der Waals surface area contributed by atoms with Crippen molar-refractivity contribution in [2.24, 2.45) is 0 Å². The van der Waals surface area contributed by atoms with Gasteiger partial charge >= 0.3 is 12.1 Å². The lowest BCUT2D eigenvalue weighted by atomic mass is 9.94. The molecule has 0 aliphatic carbocycles. The average Bonchev–Trinajstić information content (AvgIpc) is 2.37. The highest BCUT2D eigenvalue weighted by Gasteiger charge is 2.47. The summed E-state index contributed by atoms with van der Waals surface area (Å²) in [6.45, 7) is 8.37. The van der Waals surface area contributed by atoms with E-state index in [1.165, 1.54) is 6.92 Å². The molecule has 0 radical (unpaired) electrons. The third kappa shape index (κ3) is 3.12. The fourth-order valence-electron chi connectivity index (χ4n) is 1.49. The van der Waals surface area contributed by atoms with Gasteiger partial charge in [0, 0.05) is 0 Å². The zero-order chi connectivity index (χ0) is 14.1. The molecule has 0 aromatic heterocycles. The lowest BCUT2D eigenvalue weighted by Gasteiger charge is -2.30. The van der Waals surface area contributed by atoms with E-state index in [1.54, 1.807) is 27.7 Å². The van der Waals surface area contributed by atoms with Gasteiger partial charge in [0.2, 0.25) is 0 Å². The summed E-state index contributed by atoms with van der Waals surface area (Å²) in [5.41, 5.74) is -1.79. The van der Waals surface area contributed by atoms with E-state index in [0.717, 1.165) is 0 Å². The van der Waals surface area contributed by atoms with Crippen LogP contribution in [0.25, 0.3) is 0 Å². The maximum atomic E-state index is 11.6. The Morgan fingerprint density at radius 1 is 1.39 bits per heavy atom. The second kappa shape index (κ2) is 4.47. The van der Waals surface area contributed by atoms with Gasteiger partial charge in [-0.1, -0.05) is 0 Å². The van der Waals surface area contributed by atoms with Crippen molar-refractivity contribution in [3.8, 4) is 0 Å². The van der Waals surface area contributed by atoms with Gasteiger partial charge < -0.3 is 15.4 Å². The highest BCUT2D eigenvalue weighted by Crippen LogP contribution is 2.15. The highest BCUT2D eigenvalue weighted by molar-refractivity contribution is 6.07. The van der Waals surface area contributed by atoms with E-state index in [-0.39, 0.29) is 0 Å². The quantitative estimate of drug-likeness (QED) is 0.627. The molecule has 0 spiro atoms. The van der Waals surface area contributed by atoms with Crippen LogP contribution >= 0.6 is 0 Å². The first kappa shape index (κ1) is 14.3. The molecule has 3 N–H and O–H groups in total. The van der Waals surface area contributed by atoms with Crippen molar-refractivity contribution >= 4 is 18.0 Å². The summed E-state index contributed by atoms with van der Waals surface area (Å²) >= 11 is 0. The standard InChI is InChI=1S/C11H19N3O4/c1-6(12-9(17)18-10(2,3)4)11(5)7(15)13-8(16)14-11/h6H,1-5H3,(H,12,17)(H2,13,14,15,16)/t6-,11-/m1/s1. The van der Waals surface area contributed by atoms with Crippen LogP contribution in [0.5, 0.6) is 0 Å². The SMILES string of the molecule is C[C@@H](NC(=O)OC(C)(C)C)[C@@]1(C)NC(=O)NC1=O. The summed E-state index contributed by atoms with van der Waals surface area (Å²) in [6, 6.07) is -1.17. The minimum atomic E-state index is -1.17. The number of imide groups is 1. The summed E-state index contributed by atoms with van der Waals surface area (Å²) in [4.78, 5) is 34.3. The van der Waals surface area contributed by atoms with Gasteiger partial charge in [0.1, 0.15) is 11.1 Å². The Labute approximate surface area is 106 Å². The van der Waals surface area contributed by atoms with Crippen molar-refractivity contribution in [1.29, 1.82) is 0 Å². The van der Waals surface area contributed by atoms with Gasteiger partial charge in [0.25, 0.3) is 5.91 Å². The third-order valence-electron chi connectivity index (χ3n) is 2.67. The number of amides is 4. The van der Waals surface area contributed by atoms with Crippen LogP contribution in [0.1, 0.15) is 34.6 Å². The highest BCUT2D eigenvalue weighted by atomic mass is 16.6. The van der Waals surface area contributed by atoms with Crippen LogP contribution in [0.15, 0.2) is 0 Å². The van der Waals surface area contributed by atoms with Crippen LogP contribution in [0.2, 0.25) is 0 Å². The summed E-state index contributed by atoms with van der Waals surface area (Å²) in [6.07, 6.45) is -0.634. The molecule has 4 amide bonds. The van der Waals surface area contributed by atoms with Crippen LogP contribution in [0.4, 0.5) is 9.59 Å². The molecule has 1 saturated heterocycles. The smallest absolute Gasteiger partial charge is 0.407 e. The molecule has 0 bridgehead atoms. The van der Waals surface area contributed by atoms with Gasteiger partial charge in [-0.3, -0.25) is 10.1 Å². The minimum Gasteiger partial charge on any atom is -0.444 e. The zero-order valence-corrected chi connectivity index (χ0v) is 11.2. The number of carbonyl (C=O) groups is 3. The first-order chi connectivity index (χ1) is 8.04. The topological polar surface area (TPSA) is 96.5 Å². The Balaban J connectivity index is 2.66. The largest absolute Gasteiger partial charge is 0.444 e. The third-order valence-corrected chi connectivity index (χ3v) is 2.67. The summed E-state index contributed by atoms with van der Waals surface area (Å²) in [7, 11) is 0. The van der Waals surface area contributed by atoms with E-state index in [9.17, 15) is 14.4 Å². The Morgan fingerprint density at radius 3 is 2.33 bits per heavy atom. The fraction of sp³-hybridized carbons (Fsp3) is 0.727. The molecule has 0 saturated carbocycles. The summed E-state index contributed by atoms with van der Waals surface area (Å²) in [5, 5.41) is 7.14. The van der Waals surface area contributed by atoms with Crippen LogP contribution in [-0.4, -0.2) is 35.2 Å². The monoisotopic (exact) mass is 257 g/mol. The molecule has 0 aromatic rings. The molecule has 18 heavy (non-hydrogen) atoms. The van der Waals surface area contributed by atoms with E-state index in [1.807, 2.05) is 0 Å². The van der Waals surface area contributed by atoms with Crippen LogP contribution in [0, 0.1) is 0 Å². The van der Waals surface area contributed by atoms with Crippen LogP contribution in [0.3, 0.4) is 0 Å². The molecule has 1 heterocycles. The van der Waals surface area contributed by atoms with Gasteiger partial charge in [0.15, 0.2) is 0 Å². The van der Waals surface area contributed by atoms with E-state index in [0.29, 0.717) is 0 Å². The van der Waals surface area contributed by atoms with E-state index in [4.69, 9.17) is 4.74 Å². The maximum Gasteiger partial charge on any atom is 0.407 e. The van der Waals surface area contributed by atoms with E-state index >= 15 is 0 Å². The van der Waals surface area contributed by atoms with Crippen molar-refractivity contribution in [3.05, 3.63) is 0 Å². The Morgan fingerprint density at radius 2 is 1.94 bits per heavy atom.